The summed E-state index contributed by atoms with van der Waals surface area (Å²) in [4.78, 5) is 11.8. The first-order valence-corrected chi connectivity index (χ1v) is 7.81. The molecule has 2 aromatic rings. The highest BCUT2D eigenvalue weighted by Crippen LogP contribution is 2.23. The van der Waals surface area contributed by atoms with E-state index in [4.69, 9.17) is 4.74 Å². The highest BCUT2D eigenvalue weighted by molar-refractivity contribution is 9.10. The second-order valence-electron chi connectivity index (χ2n) is 4.78. The molecular formula is C17H18BrNO3. The number of halogens is 1. The molecule has 0 radical (unpaired) electrons. The van der Waals surface area contributed by atoms with Gasteiger partial charge in [-0.3, -0.25) is 4.79 Å². The van der Waals surface area contributed by atoms with Crippen LogP contribution in [0.2, 0.25) is 0 Å². The van der Waals surface area contributed by atoms with Crippen LogP contribution in [0.25, 0.3) is 0 Å². The predicted molar refractivity (Wildman–Crippen MR) is 88.7 cm³/mol. The Morgan fingerprint density at radius 3 is 2.68 bits per heavy atom. The molecule has 0 aliphatic carbocycles. The zero-order valence-electron chi connectivity index (χ0n) is 12.1. The highest BCUT2D eigenvalue weighted by Gasteiger charge is 2.07. The maximum atomic E-state index is 11.8. The van der Waals surface area contributed by atoms with Crippen LogP contribution in [0.1, 0.15) is 11.1 Å². The van der Waals surface area contributed by atoms with Crippen molar-refractivity contribution in [1.29, 1.82) is 0 Å². The van der Waals surface area contributed by atoms with Crippen LogP contribution in [0, 0.1) is 0 Å². The molecule has 2 rings (SSSR count). The summed E-state index contributed by atoms with van der Waals surface area (Å²) >= 11 is 3.33. The maximum absolute atomic E-state index is 11.8. The van der Waals surface area contributed by atoms with Crippen molar-refractivity contribution in [2.75, 3.05) is 13.2 Å². The summed E-state index contributed by atoms with van der Waals surface area (Å²) in [5, 5.41) is 12.1. The topological polar surface area (TPSA) is 58.6 Å². The Bertz CT molecular complexity index is 617. The molecule has 0 aliphatic rings. The summed E-state index contributed by atoms with van der Waals surface area (Å²) < 4.78 is 6.31. The normalized spacial score (nSPS) is 10.3. The first kappa shape index (κ1) is 16.5. The van der Waals surface area contributed by atoms with E-state index in [0.29, 0.717) is 17.9 Å². The van der Waals surface area contributed by atoms with Gasteiger partial charge in [0.15, 0.2) is 6.61 Å². The van der Waals surface area contributed by atoms with E-state index in [1.54, 1.807) is 12.1 Å². The Hall–Kier alpha value is -1.85. The Kier molecular flexibility index (Phi) is 6.43. The lowest BCUT2D eigenvalue weighted by molar-refractivity contribution is -0.123. The number of rotatable bonds is 7. The summed E-state index contributed by atoms with van der Waals surface area (Å²) in [5.74, 6) is 0.339. The van der Waals surface area contributed by atoms with Gasteiger partial charge in [0, 0.05) is 16.6 Å². The van der Waals surface area contributed by atoms with Gasteiger partial charge in [0.1, 0.15) is 5.75 Å². The first-order chi connectivity index (χ1) is 10.7. The van der Waals surface area contributed by atoms with Gasteiger partial charge in [-0.2, -0.15) is 0 Å². The molecule has 0 heterocycles. The van der Waals surface area contributed by atoms with Gasteiger partial charge in [0.2, 0.25) is 0 Å². The fraction of sp³-hybridized carbons (Fsp3) is 0.235. The van der Waals surface area contributed by atoms with Crippen LogP contribution in [-0.4, -0.2) is 24.2 Å². The second kappa shape index (κ2) is 8.56. The summed E-state index contributed by atoms with van der Waals surface area (Å²) in [6.45, 7) is 0.368. The number of benzene rings is 2. The van der Waals surface area contributed by atoms with Crippen LogP contribution >= 0.6 is 15.9 Å². The molecule has 0 atom stereocenters. The summed E-state index contributed by atoms with van der Waals surface area (Å²) in [5.41, 5.74) is 1.82. The zero-order valence-corrected chi connectivity index (χ0v) is 13.7. The van der Waals surface area contributed by atoms with Crippen molar-refractivity contribution in [3.8, 4) is 5.75 Å². The monoisotopic (exact) mass is 363 g/mol. The minimum atomic E-state index is -0.178. The standard InChI is InChI=1S/C17H18BrNO3/c18-15-6-7-16(14(10-15)11-20)22-12-17(21)19-9-8-13-4-2-1-3-5-13/h1-7,10,20H,8-9,11-12H2,(H,19,21). The minimum Gasteiger partial charge on any atom is -0.483 e. The molecule has 0 bridgehead atoms. The van der Waals surface area contributed by atoms with E-state index in [1.807, 2.05) is 36.4 Å². The van der Waals surface area contributed by atoms with Gasteiger partial charge >= 0.3 is 0 Å². The molecule has 0 saturated heterocycles. The van der Waals surface area contributed by atoms with Crippen LogP contribution in [0.5, 0.6) is 5.75 Å². The van der Waals surface area contributed by atoms with Crippen molar-refractivity contribution in [1.82, 2.24) is 5.32 Å². The fourth-order valence-electron chi connectivity index (χ4n) is 2.00. The largest absolute Gasteiger partial charge is 0.483 e. The number of carbonyl (C=O) groups is 1. The number of nitrogens with one attached hydrogen (secondary N) is 1. The fourth-order valence-corrected chi connectivity index (χ4v) is 2.41. The third kappa shape index (κ3) is 5.16. The van der Waals surface area contributed by atoms with Crippen LogP contribution in [0.15, 0.2) is 53.0 Å². The van der Waals surface area contributed by atoms with E-state index in [2.05, 4.69) is 21.2 Å². The molecule has 0 spiro atoms. The maximum Gasteiger partial charge on any atom is 0.257 e. The Balaban J connectivity index is 1.76. The van der Waals surface area contributed by atoms with Crippen LogP contribution in [-0.2, 0) is 17.8 Å². The van der Waals surface area contributed by atoms with Crippen LogP contribution in [0.3, 0.4) is 0 Å². The van der Waals surface area contributed by atoms with Crippen LogP contribution < -0.4 is 10.1 Å². The van der Waals surface area contributed by atoms with Gasteiger partial charge in [0.25, 0.3) is 5.91 Å². The molecule has 1 amide bonds. The number of amides is 1. The molecule has 22 heavy (non-hydrogen) atoms. The average Bonchev–Trinajstić information content (AvgIpc) is 2.54. The summed E-state index contributed by atoms with van der Waals surface area (Å²) in [6.07, 6.45) is 0.784. The number of hydrogen-bond acceptors (Lipinski definition) is 3. The Morgan fingerprint density at radius 1 is 1.18 bits per heavy atom. The summed E-state index contributed by atoms with van der Waals surface area (Å²) in [7, 11) is 0. The van der Waals surface area contributed by atoms with Crippen molar-refractivity contribution in [3.63, 3.8) is 0 Å². The van der Waals surface area contributed by atoms with E-state index >= 15 is 0 Å². The minimum absolute atomic E-state index is 0.0660. The molecule has 0 aliphatic heterocycles. The predicted octanol–water partition coefficient (Wildman–Crippen LogP) is 2.68. The summed E-state index contributed by atoms with van der Waals surface area (Å²) in [6, 6.07) is 15.3. The first-order valence-electron chi connectivity index (χ1n) is 7.02. The third-order valence-corrected chi connectivity index (χ3v) is 3.62. The molecule has 4 nitrogen and oxygen atoms in total. The molecule has 0 fully saturated rings. The van der Waals surface area contributed by atoms with E-state index < -0.39 is 0 Å². The molecule has 2 N–H and O–H groups in total. The van der Waals surface area contributed by atoms with Crippen molar-refractivity contribution in [2.24, 2.45) is 0 Å². The van der Waals surface area contributed by atoms with Gasteiger partial charge in [-0.15, -0.1) is 0 Å². The molecular weight excluding hydrogens is 346 g/mol. The van der Waals surface area contributed by atoms with Gasteiger partial charge in [-0.1, -0.05) is 46.3 Å². The van der Waals surface area contributed by atoms with Gasteiger partial charge in [-0.25, -0.2) is 0 Å². The van der Waals surface area contributed by atoms with E-state index in [1.165, 1.54) is 5.56 Å². The number of aliphatic hydroxyl groups is 1. The molecule has 0 aromatic heterocycles. The second-order valence-corrected chi connectivity index (χ2v) is 5.70. The molecule has 0 saturated carbocycles. The van der Waals surface area contributed by atoms with Crippen molar-refractivity contribution < 1.29 is 14.6 Å². The number of aliphatic hydroxyl groups excluding tert-OH is 1. The van der Waals surface area contributed by atoms with Gasteiger partial charge < -0.3 is 15.2 Å². The molecule has 2 aromatic carbocycles. The van der Waals surface area contributed by atoms with E-state index in [-0.39, 0.29) is 19.1 Å². The number of ether oxygens (including phenoxy) is 1. The average molecular weight is 364 g/mol. The highest BCUT2D eigenvalue weighted by atomic mass is 79.9. The Labute approximate surface area is 138 Å². The van der Waals surface area contributed by atoms with Crippen molar-refractivity contribution in [3.05, 3.63) is 64.1 Å². The Morgan fingerprint density at radius 2 is 1.95 bits per heavy atom. The van der Waals surface area contributed by atoms with E-state index in [0.717, 1.165) is 10.9 Å². The SMILES string of the molecule is O=C(COc1ccc(Br)cc1CO)NCCc1ccccc1. The quantitative estimate of drug-likeness (QED) is 0.794. The number of hydrogen-bond donors (Lipinski definition) is 2. The number of carbonyl (C=O) groups excluding carboxylic acids is 1. The zero-order chi connectivity index (χ0) is 15.8. The lowest BCUT2D eigenvalue weighted by atomic mass is 10.1. The van der Waals surface area contributed by atoms with Crippen LogP contribution in [0.4, 0.5) is 0 Å². The lowest BCUT2D eigenvalue weighted by Crippen LogP contribution is -2.30. The molecule has 5 heteroatoms. The van der Waals surface area contributed by atoms with E-state index in [9.17, 15) is 9.90 Å². The van der Waals surface area contributed by atoms with Crippen molar-refractivity contribution in [2.45, 2.75) is 13.0 Å². The molecule has 0 unspecified atom stereocenters. The van der Waals surface area contributed by atoms with Crippen molar-refractivity contribution >= 4 is 21.8 Å². The third-order valence-electron chi connectivity index (χ3n) is 3.13. The smallest absolute Gasteiger partial charge is 0.257 e. The van der Waals surface area contributed by atoms with Gasteiger partial charge in [-0.05, 0) is 30.2 Å². The molecule has 116 valence electrons. The van der Waals surface area contributed by atoms with Gasteiger partial charge in [0.05, 0.1) is 6.61 Å². The lowest BCUT2D eigenvalue weighted by Gasteiger charge is -2.11.